The monoisotopic (exact) mass is 400 g/mol. The second-order valence-electron chi connectivity index (χ2n) is 5.88. The molecule has 4 heterocycles. The average molecular weight is 400 g/mol. The third-order valence-corrected chi connectivity index (χ3v) is 3.96. The first-order valence-corrected chi connectivity index (χ1v) is 8.50. The molecule has 0 atom stereocenters. The van der Waals surface area contributed by atoms with Gasteiger partial charge >= 0.3 is 0 Å². The molecule has 0 aromatic carbocycles. The Kier molecular flexibility index (Phi) is 4.75. The number of pyridine rings is 1. The van der Waals surface area contributed by atoms with Crippen molar-refractivity contribution in [2.24, 2.45) is 10.2 Å². The Labute approximate surface area is 168 Å². The summed E-state index contributed by atoms with van der Waals surface area (Å²) < 4.78 is 2.15. The van der Waals surface area contributed by atoms with Crippen LogP contribution >= 0.6 is 0 Å². The number of nitrogens with zero attached hydrogens (tertiary/aromatic N) is 10. The average Bonchev–Trinajstić information content (AvgIpc) is 3.17. The molecule has 30 heavy (non-hydrogen) atoms. The first kappa shape index (κ1) is 18.6. The van der Waals surface area contributed by atoms with E-state index in [4.69, 9.17) is 0 Å². The molecule has 146 valence electrons. The highest BCUT2D eigenvalue weighted by atomic mass is 16.3. The van der Waals surface area contributed by atoms with Crippen molar-refractivity contribution in [3.05, 3.63) is 70.7 Å². The van der Waals surface area contributed by atoms with Crippen molar-refractivity contribution in [3.63, 3.8) is 0 Å². The highest BCUT2D eigenvalue weighted by Crippen LogP contribution is 2.32. The molecular formula is C18H12N10O2. The van der Waals surface area contributed by atoms with E-state index in [-0.39, 0.29) is 29.0 Å². The van der Waals surface area contributed by atoms with Crippen LogP contribution in [0.15, 0.2) is 64.2 Å². The van der Waals surface area contributed by atoms with Gasteiger partial charge in [0.05, 0.1) is 6.20 Å². The second kappa shape index (κ2) is 7.68. The molecular weight excluding hydrogens is 388 g/mol. The summed E-state index contributed by atoms with van der Waals surface area (Å²) in [6.45, 7) is 1.59. The first-order valence-electron chi connectivity index (χ1n) is 8.50. The molecule has 0 radical (unpaired) electrons. The molecule has 1 N–H and O–H groups in total. The minimum absolute atomic E-state index is 0.00710. The highest BCUT2D eigenvalue weighted by molar-refractivity contribution is 5.56. The Morgan fingerprint density at radius 1 is 1.03 bits per heavy atom. The lowest BCUT2D eigenvalue weighted by Gasteiger charge is -2.09. The number of nitriles is 1. The predicted octanol–water partition coefficient (Wildman–Crippen LogP) is 1.90. The van der Waals surface area contributed by atoms with Crippen molar-refractivity contribution in [2.45, 2.75) is 6.92 Å². The van der Waals surface area contributed by atoms with E-state index in [9.17, 15) is 15.2 Å². The molecule has 12 nitrogen and oxygen atoms in total. The van der Waals surface area contributed by atoms with Crippen molar-refractivity contribution in [1.82, 2.24) is 34.3 Å². The fourth-order valence-corrected chi connectivity index (χ4v) is 2.59. The number of rotatable bonds is 4. The van der Waals surface area contributed by atoms with Crippen molar-refractivity contribution in [2.75, 3.05) is 0 Å². The minimum atomic E-state index is -0.532. The zero-order chi connectivity index (χ0) is 21.1. The third-order valence-electron chi connectivity index (χ3n) is 3.96. The van der Waals surface area contributed by atoms with Crippen LogP contribution in [0.3, 0.4) is 0 Å². The molecule has 0 bridgehead atoms. The number of aromatic nitrogens is 7. The number of hydrogen-bond donors (Lipinski definition) is 1. The van der Waals surface area contributed by atoms with Crippen molar-refractivity contribution < 1.29 is 5.11 Å². The maximum atomic E-state index is 12.4. The summed E-state index contributed by atoms with van der Waals surface area (Å²) in [6, 6.07) is 6.45. The van der Waals surface area contributed by atoms with Gasteiger partial charge in [-0.3, -0.25) is 4.79 Å². The van der Waals surface area contributed by atoms with Crippen LogP contribution in [0.25, 0.3) is 11.9 Å². The Morgan fingerprint density at radius 3 is 2.30 bits per heavy atom. The number of aryl methyl sites for hydroxylation is 1. The number of hydrogen-bond acceptors (Lipinski definition) is 10. The molecule has 12 heteroatoms. The fourth-order valence-electron chi connectivity index (χ4n) is 2.59. The fraction of sp³-hybridized carbons (Fsp3) is 0.0556. The van der Waals surface area contributed by atoms with Crippen LogP contribution in [0.1, 0.15) is 11.1 Å². The van der Waals surface area contributed by atoms with E-state index < -0.39 is 11.4 Å². The molecule has 4 rings (SSSR count). The van der Waals surface area contributed by atoms with Gasteiger partial charge in [0.25, 0.3) is 11.5 Å². The molecule has 0 saturated heterocycles. The molecule has 4 aromatic rings. The molecule has 0 saturated carbocycles. The van der Waals surface area contributed by atoms with Gasteiger partial charge in [0.2, 0.25) is 11.8 Å². The summed E-state index contributed by atoms with van der Waals surface area (Å²) in [5, 5.41) is 32.2. The summed E-state index contributed by atoms with van der Waals surface area (Å²) in [4.78, 5) is 28.5. The summed E-state index contributed by atoms with van der Waals surface area (Å²) >= 11 is 0. The lowest BCUT2D eigenvalue weighted by atomic mass is 10.2. The molecule has 0 aliphatic rings. The standard InChI is InChI=1S/C18H12N10O2/c1-11-8-13(29)27(17-20-4-2-5-21-17)16(30)14(11)25-26-15-12(9-19)10-24-28(15)18-22-6-3-7-23-18/h2-8,10,30H,1H3. The van der Waals surface area contributed by atoms with Gasteiger partial charge in [0.15, 0.2) is 5.82 Å². The van der Waals surface area contributed by atoms with Gasteiger partial charge < -0.3 is 5.11 Å². The summed E-state index contributed by atoms with van der Waals surface area (Å²) in [5.74, 6) is -0.250. The van der Waals surface area contributed by atoms with E-state index in [1.54, 1.807) is 19.1 Å². The lowest BCUT2D eigenvalue weighted by Crippen LogP contribution is -2.19. The summed E-state index contributed by atoms with van der Waals surface area (Å²) in [6.07, 6.45) is 7.21. The van der Waals surface area contributed by atoms with Crippen LogP contribution in [0, 0.1) is 18.3 Å². The van der Waals surface area contributed by atoms with Crippen molar-refractivity contribution in [1.29, 1.82) is 5.26 Å². The van der Waals surface area contributed by atoms with Crippen molar-refractivity contribution >= 4 is 11.5 Å². The Bertz CT molecular complexity index is 1340. The zero-order valence-electron chi connectivity index (χ0n) is 15.4. The van der Waals surface area contributed by atoms with Crippen molar-refractivity contribution in [3.8, 4) is 23.8 Å². The van der Waals surface area contributed by atoms with Crippen LogP contribution in [0.4, 0.5) is 11.5 Å². The highest BCUT2D eigenvalue weighted by Gasteiger charge is 2.18. The van der Waals surface area contributed by atoms with Gasteiger partial charge in [0.1, 0.15) is 17.3 Å². The summed E-state index contributed by atoms with van der Waals surface area (Å²) in [7, 11) is 0. The van der Waals surface area contributed by atoms with Gasteiger partial charge in [-0.1, -0.05) is 0 Å². The topological polar surface area (TPSA) is 160 Å². The van der Waals surface area contributed by atoms with Crippen LogP contribution in [-0.4, -0.2) is 39.4 Å². The van der Waals surface area contributed by atoms with E-state index in [2.05, 4.69) is 35.3 Å². The normalized spacial score (nSPS) is 10.9. The lowest BCUT2D eigenvalue weighted by molar-refractivity contribution is 0.433. The third kappa shape index (κ3) is 3.27. The molecule has 0 unspecified atom stereocenters. The first-order chi connectivity index (χ1) is 14.6. The van der Waals surface area contributed by atoms with Crippen LogP contribution < -0.4 is 5.56 Å². The maximum absolute atomic E-state index is 12.4. The number of azo groups is 1. The molecule has 0 aliphatic heterocycles. The van der Waals surface area contributed by atoms with E-state index >= 15 is 0 Å². The van der Waals surface area contributed by atoms with E-state index in [0.717, 1.165) is 4.57 Å². The van der Waals surface area contributed by atoms with Crippen LogP contribution in [0.5, 0.6) is 5.88 Å². The number of aromatic hydroxyl groups is 1. The molecule has 0 spiro atoms. The van der Waals surface area contributed by atoms with Gasteiger partial charge in [-0.05, 0) is 24.6 Å². The summed E-state index contributed by atoms with van der Waals surface area (Å²) in [5.41, 5.74) is -0.0275. The largest absolute Gasteiger partial charge is 0.492 e. The second-order valence-corrected chi connectivity index (χ2v) is 5.88. The predicted molar refractivity (Wildman–Crippen MR) is 102 cm³/mol. The van der Waals surface area contributed by atoms with E-state index in [1.165, 1.54) is 41.7 Å². The quantitative estimate of drug-likeness (QED) is 0.508. The van der Waals surface area contributed by atoms with Gasteiger partial charge in [-0.15, -0.1) is 10.2 Å². The Morgan fingerprint density at radius 2 is 1.67 bits per heavy atom. The Balaban J connectivity index is 1.84. The van der Waals surface area contributed by atoms with Gasteiger partial charge in [0, 0.05) is 30.9 Å². The molecule has 0 fully saturated rings. The van der Waals surface area contributed by atoms with Crippen LogP contribution in [-0.2, 0) is 0 Å². The van der Waals surface area contributed by atoms with Crippen LogP contribution in [0.2, 0.25) is 0 Å². The zero-order valence-corrected chi connectivity index (χ0v) is 15.4. The SMILES string of the molecule is Cc1cc(=O)n(-c2ncccn2)c(O)c1N=Nc1c(C#N)cnn1-c1ncccn1. The van der Waals surface area contributed by atoms with E-state index in [0.29, 0.717) is 5.56 Å². The molecule has 0 aliphatic carbocycles. The van der Waals surface area contributed by atoms with Gasteiger partial charge in [-0.25, -0.2) is 24.5 Å². The van der Waals surface area contributed by atoms with Gasteiger partial charge in [-0.2, -0.15) is 15.0 Å². The smallest absolute Gasteiger partial charge is 0.260 e. The van der Waals surface area contributed by atoms with E-state index in [1.807, 2.05) is 6.07 Å². The Hall–Kier alpha value is -4.79. The maximum Gasteiger partial charge on any atom is 0.260 e. The molecule has 4 aromatic heterocycles. The molecule has 0 amide bonds. The minimum Gasteiger partial charge on any atom is -0.492 e.